The Labute approximate surface area is 198 Å². The van der Waals surface area contributed by atoms with Gasteiger partial charge in [0.2, 0.25) is 0 Å². The number of carbonyl (C=O) groups excluding carboxylic acids is 1. The van der Waals surface area contributed by atoms with E-state index >= 15 is 0 Å². The van der Waals surface area contributed by atoms with E-state index in [4.69, 9.17) is 4.74 Å². The van der Waals surface area contributed by atoms with Crippen molar-refractivity contribution in [2.24, 2.45) is 5.92 Å². The SMILES string of the molecule is CC(=O)Oc1ccc(C2C(CC=C(CO)c3ccc(F)cc3)C(C)N2c2ccc(F)cc2)cc1. The van der Waals surface area contributed by atoms with Crippen molar-refractivity contribution in [3.05, 3.63) is 102 Å². The number of hydrogen-bond acceptors (Lipinski definition) is 4. The molecule has 1 fully saturated rings. The number of anilines is 1. The number of benzene rings is 3. The van der Waals surface area contributed by atoms with E-state index in [0.29, 0.717) is 12.2 Å². The van der Waals surface area contributed by atoms with Gasteiger partial charge in [0.1, 0.15) is 17.4 Å². The van der Waals surface area contributed by atoms with Crippen LogP contribution in [0.4, 0.5) is 14.5 Å². The molecule has 4 nitrogen and oxygen atoms in total. The van der Waals surface area contributed by atoms with Gasteiger partial charge in [-0.3, -0.25) is 4.79 Å². The predicted molar refractivity (Wildman–Crippen MR) is 128 cm³/mol. The van der Waals surface area contributed by atoms with Crippen LogP contribution in [0.1, 0.15) is 37.4 Å². The molecule has 3 aromatic rings. The van der Waals surface area contributed by atoms with Gasteiger partial charge in [-0.2, -0.15) is 0 Å². The van der Waals surface area contributed by atoms with Crippen molar-refractivity contribution < 1.29 is 23.4 Å². The lowest BCUT2D eigenvalue weighted by molar-refractivity contribution is -0.131. The molecule has 1 aliphatic heterocycles. The molecule has 0 bridgehead atoms. The maximum Gasteiger partial charge on any atom is 0.308 e. The van der Waals surface area contributed by atoms with Crippen molar-refractivity contribution in [2.75, 3.05) is 11.5 Å². The van der Waals surface area contributed by atoms with Crippen LogP contribution >= 0.6 is 0 Å². The van der Waals surface area contributed by atoms with Gasteiger partial charge in [0, 0.05) is 24.6 Å². The van der Waals surface area contributed by atoms with Crippen LogP contribution in [0, 0.1) is 17.6 Å². The summed E-state index contributed by atoms with van der Waals surface area (Å²) in [4.78, 5) is 13.5. The second-order valence-corrected chi connectivity index (χ2v) is 8.53. The van der Waals surface area contributed by atoms with E-state index in [-0.39, 0.29) is 42.2 Å². The number of carbonyl (C=O) groups is 1. The molecule has 4 rings (SSSR count). The average Bonchev–Trinajstić information content (AvgIpc) is 2.82. The van der Waals surface area contributed by atoms with Crippen LogP contribution in [0.5, 0.6) is 5.75 Å². The molecule has 0 amide bonds. The summed E-state index contributed by atoms with van der Waals surface area (Å²) in [7, 11) is 0. The highest BCUT2D eigenvalue weighted by Crippen LogP contribution is 2.49. The van der Waals surface area contributed by atoms with Crippen molar-refractivity contribution in [3.63, 3.8) is 0 Å². The van der Waals surface area contributed by atoms with E-state index in [1.165, 1.54) is 31.2 Å². The Hall–Kier alpha value is -3.51. The summed E-state index contributed by atoms with van der Waals surface area (Å²) in [6.45, 7) is 3.35. The van der Waals surface area contributed by atoms with Gasteiger partial charge in [-0.15, -0.1) is 0 Å². The summed E-state index contributed by atoms with van der Waals surface area (Å²) in [6.07, 6.45) is 2.71. The smallest absolute Gasteiger partial charge is 0.308 e. The lowest BCUT2D eigenvalue weighted by Crippen LogP contribution is -2.57. The molecule has 1 aliphatic rings. The van der Waals surface area contributed by atoms with Crippen LogP contribution in [0.3, 0.4) is 0 Å². The molecule has 1 N–H and O–H groups in total. The molecule has 0 spiro atoms. The fourth-order valence-corrected chi connectivity index (χ4v) is 4.69. The molecule has 6 heteroatoms. The molecule has 1 heterocycles. The number of ether oxygens (including phenoxy) is 1. The van der Waals surface area contributed by atoms with Crippen LogP contribution in [-0.2, 0) is 4.79 Å². The largest absolute Gasteiger partial charge is 0.427 e. The first-order valence-corrected chi connectivity index (χ1v) is 11.3. The zero-order valence-electron chi connectivity index (χ0n) is 19.1. The Morgan fingerprint density at radius 2 is 1.56 bits per heavy atom. The molecule has 3 aromatic carbocycles. The van der Waals surface area contributed by atoms with Crippen LogP contribution in [0.25, 0.3) is 5.57 Å². The zero-order valence-corrected chi connectivity index (χ0v) is 19.1. The summed E-state index contributed by atoms with van der Waals surface area (Å²) in [5.41, 5.74) is 3.50. The number of nitrogens with zero attached hydrogens (tertiary/aromatic N) is 1. The predicted octanol–water partition coefficient (Wildman–Crippen LogP) is 5.92. The molecule has 0 aromatic heterocycles. The highest BCUT2D eigenvalue weighted by molar-refractivity contribution is 5.69. The van der Waals surface area contributed by atoms with E-state index in [0.717, 1.165) is 22.4 Å². The third-order valence-corrected chi connectivity index (χ3v) is 6.39. The second-order valence-electron chi connectivity index (χ2n) is 8.53. The van der Waals surface area contributed by atoms with Crippen LogP contribution in [-0.4, -0.2) is 23.7 Å². The molecule has 176 valence electrons. The van der Waals surface area contributed by atoms with E-state index in [9.17, 15) is 18.7 Å². The van der Waals surface area contributed by atoms with Gasteiger partial charge in [-0.25, -0.2) is 8.78 Å². The van der Waals surface area contributed by atoms with Crippen molar-refractivity contribution in [1.29, 1.82) is 0 Å². The van der Waals surface area contributed by atoms with Gasteiger partial charge in [0.05, 0.1) is 12.6 Å². The topological polar surface area (TPSA) is 49.8 Å². The van der Waals surface area contributed by atoms with E-state index in [1.54, 1.807) is 36.4 Å². The maximum absolute atomic E-state index is 13.5. The van der Waals surface area contributed by atoms with E-state index in [2.05, 4.69) is 11.8 Å². The molecular weight excluding hydrogens is 436 g/mol. The molecule has 34 heavy (non-hydrogen) atoms. The van der Waals surface area contributed by atoms with Crippen molar-refractivity contribution in [2.45, 2.75) is 32.4 Å². The number of esters is 1. The number of aliphatic hydroxyl groups excluding tert-OH is 1. The summed E-state index contributed by atoms with van der Waals surface area (Å²) >= 11 is 0. The number of allylic oxidation sites excluding steroid dienone is 1. The zero-order chi connectivity index (χ0) is 24.2. The van der Waals surface area contributed by atoms with Crippen LogP contribution < -0.4 is 9.64 Å². The van der Waals surface area contributed by atoms with Crippen LogP contribution in [0.2, 0.25) is 0 Å². The van der Waals surface area contributed by atoms with Crippen molar-refractivity contribution in [3.8, 4) is 5.75 Å². The Bertz CT molecular complexity index is 1160. The van der Waals surface area contributed by atoms with E-state index < -0.39 is 0 Å². The highest BCUT2D eigenvalue weighted by atomic mass is 19.1. The third kappa shape index (κ3) is 5.02. The lowest BCUT2D eigenvalue weighted by Gasteiger charge is -2.56. The van der Waals surface area contributed by atoms with Gasteiger partial charge in [-0.1, -0.05) is 30.3 Å². The van der Waals surface area contributed by atoms with Gasteiger partial charge in [-0.05, 0) is 78.6 Å². The summed E-state index contributed by atoms with van der Waals surface area (Å²) in [6, 6.07) is 20.1. The Kier molecular flexibility index (Phi) is 7.08. The van der Waals surface area contributed by atoms with Crippen LogP contribution in [0.15, 0.2) is 78.9 Å². The highest BCUT2D eigenvalue weighted by Gasteiger charge is 2.45. The Morgan fingerprint density at radius 1 is 0.971 bits per heavy atom. The minimum Gasteiger partial charge on any atom is -0.427 e. The number of aliphatic hydroxyl groups is 1. The van der Waals surface area contributed by atoms with Crippen molar-refractivity contribution >= 4 is 17.2 Å². The fourth-order valence-electron chi connectivity index (χ4n) is 4.69. The van der Waals surface area contributed by atoms with E-state index in [1.807, 2.05) is 18.2 Å². The van der Waals surface area contributed by atoms with Gasteiger partial charge < -0.3 is 14.7 Å². The minimum atomic E-state index is -0.377. The monoisotopic (exact) mass is 463 g/mol. The second kappa shape index (κ2) is 10.2. The molecule has 0 radical (unpaired) electrons. The van der Waals surface area contributed by atoms with Gasteiger partial charge in [0.15, 0.2) is 0 Å². The first-order chi connectivity index (χ1) is 16.4. The first-order valence-electron chi connectivity index (χ1n) is 11.3. The number of rotatable bonds is 7. The Balaban J connectivity index is 1.62. The quantitative estimate of drug-likeness (QED) is 0.349. The standard InChI is InChI=1S/C28H27F2NO3/c1-18-27(16-7-22(17-32)20-3-8-23(29)9-4-20)28(31(18)25-12-10-24(30)11-13-25)21-5-14-26(15-6-21)34-19(2)33/h3-15,18,27-28,32H,16-17H2,1-2H3. The number of halogens is 2. The molecule has 0 aliphatic carbocycles. The molecule has 3 unspecified atom stereocenters. The lowest BCUT2D eigenvalue weighted by atomic mass is 9.74. The van der Waals surface area contributed by atoms with Gasteiger partial charge in [0.25, 0.3) is 0 Å². The Morgan fingerprint density at radius 3 is 2.12 bits per heavy atom. The first kappa shape index (κ1) is 23.6. The fraction of sp³-hybridized carbons (Fsp3) is 0.250. The molecule has 1 saturated heterocycles. The maximum atomic E-state index is 13.5. The average molecular weight is 464 g/mol. The third-order valence-electron chi connectivity index (χ3n) is 6.39. The molecule has 0 saturated carbocycles. The summed E-state index contributed by atoms with van der Waals surface area (Å²) in [5, 5.41) is 9.91. The summed E-state index contributed by atoms with van der Waals surface area (Å²) < 4.78 is 32.0. The summed E-state index contributed by atoms with van der Waals surface area (Å²) in [5.74, 6) is -0.288. The normalized spacial score (nSPS) is 20.1. The molecular formula is C28H27F2NO3. The van der Waals surface area contributed by atoms with Crippen molar-refractivity contribution in [1.82, 2.24) is 0 Å². The number of hydrogen-bond donors (Lipinski definition) is 1. The minimum absolute atomic E-state index is 0.0104. The molecule has 3 atom stereocenters. The van der Waals surface area contributed by atoms with Gasteiger partial charge >= 0.3 is 5.97 Å².